The second kappa shape index (κ2) is 7.67. The smallest absolute Gasteiger partial charge is 0.216 e. The summed E-state index contributed by atoms with van der Waals surface area (Å²) >= 11 is 0. The summed E-state index contributed by atoms with van der Waals surface area (Å²) in [6, 6.07) is 0. The molecule has 1 N–H and O–H groups in total. The fourth-order valence-corrected chi connectivity index (χ4v) is 3.46. The van der Waals surface area contributed by atoms with Gasteiger partial charge in [0.15, 0.2) is 0 Å². The number of nitrogens with zero attached hydrogens (tertiary/aromatic N) is 3. The Morgan fingerprint density at radius 1 is 1.39 bits per heavy atom. The number of rotatable bonds is 7. The molecule has 0 spiro atoms. The molecule has 1 aromatic heterocycles. The largest absolute Gasteiger partial charge is 0.478 e. The molecule has 5 nitrogen and oxygen atoms in total. The van der Waals surface area contributed by atoms with Crippen molar-refractivity contribution < 1.29 is 9.84 Å². The Labute approximate surface area is 140 Å². The number of piperidine rings is 1. The van der Waals surface area contributed by atoms with Crippen LogP contribution in [0, 0.1) is 18.3 Å². The Morgan fingerprint density at radius 2 is 2.13 bits per heavy atom. The Morgan fingerprint density at radius 3 is 2.74 bits per heavy atom. The Bertz CT molecular complexity index is 513. The van der Waals surface area contributed by atoms with Gasteiger partial charge >= 0.3 is 0 Å². The number of aromatic nitrogens is 2. The molecule has 0 saturated carbocycles. The molecule has 23 heavy (non-hydrogen) atoms. The molecule has 132 valence electrons. The number of aryl methyl sites for hydroxylation is 1. The molecule has 0 aliphatic carbocycles. The van der Waals surface area contributed by atoms with Gasteiger partial charge in [0.25, 0.3) is 0 Å². The highest BCUT2D eigenvalue weighted by atomic mass is 16.5. The summed E-state index contributed by atoms with van der Waals surface area (Å²) in [4.78, 5) is 2.44. The summed E-state index contributed by atoms with van der Waals surface area (Å²) in [6.07, 6.45) is 2.24. The molecule has 5 heteroatoms. The van der Waals surface area contributed by atoms with Crippen LogP contribution < -0.4 is 4.74 Å². The van der Waals surface area contributed by atoms with Crippen LogP contribution in [0.3, 0.4) is 0 Å². The molecule has 0 amide bonds. The van der Waals surface area contributed by atoms with E-state index in [2.05, 4.69) is 32.6 Å². The zero-order chi connectivity index (χ0) is 17.0. The molecule has 2 rings (SSSR count). The predicted molar refractivity (Wildman–Crippen MR) is 92.7 cm³/mol. The van der Waals surface area contributed by atoms with Gasteiger partial charge in [0.1, 0.15) is 0 Å². The van der Waals surface area contributed by atoms with Crippen LogP contribution in [0.1, 0.15) is 51.8 Å². The Balaban J connectivity index is 2.19. The minimum atomic E-state index is 0.0197. The van der Waals surface area contributed by atoms with Gasteiger partial charge in [-0.3, -0.25) is 4.90 Å². The van der Waals surface area contributed by atoms with Crippen LogP contribution in [0.25, 0.3) is 0 Å². The fourth-order valence-electron chi connectivity index (χ4n) is 3.46. The van der Waals surface area contributed by atoms with Crippen molar-refractivity contribution in [1.29, 1.82) is 0 Å². The fraction of sp³-hybridized carbons (Fsp3) is 0.833. The van der Waals surface area contributed by atoms with Crippen molar-refractivity contribution in [1.82, 2.24) is 14.7 Å². The highest BCUT2D eigenvalue weighted by Gasteiger charge is 2.31. The van der Waals surface area contributed by atoms with Crippen LogP contribution in [-0.2, 0) is 13.1 Å². The molecule has 1 aromatic rings. The van der Waals surface area contributed by atoms with Crippen molar-refractivity contribution in [2.45, 2.75) is 60.5 Å². The molecule has 2 heterocycles. The van der Waals surface area contributed by atoms with Crippen LogP contribution >= 0.6 is 0 Å². The molecule has 1 saturated heterocycles. The van der Waals surface area contributed by atoms with Gasteiger partial charge in [0, 0.05) is 31.7 Å². The second-order valence-electron chi connectivity index (χ2n) is 7.66. The van der Waals surface area contributed by atoms with Gasteiger partial charge in [-0.2, -0.15) is 5.10 Å². The molecule has 1 unspecified atom stereocenters. The zero-order valence-corrected chi connectivity index (χ0v) is 15.4. The summed E-state index contributed by atoms with van der Waals surface area (Å²) in [6.45, 7) is 15.3. The van der Waals surface area contributed by atoms with E-state index in [0.29, 0.717) is 12.5 Å². The van der Waals surface area contributed by atoms with Crippen molar-refractivity contribution in [2.75, 3.05) is 26.3 Å². The summed E-state index contributed by atoms with van der Waals surface area (Å²) in [5, 5.41) is 14.4. The number of aliphatic hydroxyl groups is 1. The zero-order valence-electron chi connectivity index (χ0n) is 15.4. The van der Waals surface area contributed by atoms with E-state index < -0.39 is 0 Å². The first-order chi connectivity index (χ1) is 10.9. The van der Waals surface area contributed by atoms with Crippen molar-refractivity contribution in [3.05, 3.63) is 11.3 Å². The van der Waals surface area contributed by atoms with Crippen LogP contribution in [0.2, 0.25) is 0 Å². The number of likely N-dealkylation sites (tertiary alicyclic amines) is 1. The molecule has 1 aliphatic rings. The third-order valence-electron chi connectivity index (χ3n) is 4.64. The van der Waals surface area contributed by atoms with E-state index in [0.717, 1.165) is 50.6 Å². The number of hydrogen-bond donors (Lipinski definition) is 1. The van der Waals surface area contributed by atoms with Gasteiger partial charge in [-0.25, -0.2) is 4.68 Å². The topological polar surface area (TPSA) is 50.5 Å². The van der Waals surface area contributed by atoms with Crippen molar-refractivity contribution >= 4 is 0 Å². The van der Waals surface area contributed by atoms with Crippen LogP contribution in [0.4, 0.5) is 0 Å². The minimum absolute atomic E-state index is 0.0197. The average Bonchev–Trinajstić information content (AvgIpc) is 2.75. The van der Waals surface area contributed by atoms with Gasteiger partial charge < -0.3 is 9.84 Å². The summed E-state index contributed by atoms with van der Waals surface area (Å²) < 4.78 is 7.96. The van der Waals surface area contributed by atoms with Crippen LogP contribution in [-0.4, -0.2) is 46.1 Å². The van der Waals surface area contributed by atoms with Gasteiger partial charge in [-0.05, 0) is 39.2 Å². The molecule has 1 aliphatic heterocycles. The van der Waals surface area contributed by atoms with Crippen LogP contribution in [0.15, 0.2) is 0 Å². The summed E-state index contributed by atoms with van der Waals surface area (Å²) in [5.74, 6) is 1.46. The lowest BCUT2D eigenvalue weighted by Gasteiger charge is -2.39. The maximum absolute atomic E-state index is 9.66. The van der Waals surface area contributed by atoms with Crippen molar-refractivity contribution in [2.24, 2.45) is 11.3 Å². The van der Waals surface area contributed by atoms with Crippen molar-refractivity contribution in [3.63, 3.8) is 0 Å². The monoisotopic (exact) mass is 323 g/mol. The molecule has 1 atom stereocenters. The van der Waals surface area contributed by atoms with E-state index in [1.165, 1.54) is 5.56 Å². The molecule has 0 radical (unpaired) electrons. The number of ether oxygens (including phenoxy) is 1. The van der Waals surface area contributed by atoms with E-state index >= 15 is 0 Å². The van der Waals surface area contributed by atoms with Crippen molar-refractivity contribution in [3.8, 4) is 5.88 Å². The van der Waals surface area contributed by atoms with E-state index in [4.69, 9.17) is 9.84 Å². The summed E-state index contributed by atoms with van der Waals surface area (Å²) in [5.41, 5.74) is 2.28. The van der Waals surface area contributed by atoms with Crippen LogP contribution in [0.5, 0.6) is 5.88 Å². The third-order valence-corrected chi connectivity index (χ3v) is 4.64. The Kier molecular flexibility index (Phi) is 6.09. The highest BCUT2D eigenvalue weighted by molar-refractivity contribution is 5.31. The normalized spacial score (nSPS) is 22.7. The van der Waals surface area contributed by atoms with Gasteiger partial charge in [0.05, 0.1) is 17.9 Å². The molecule has 0 bridgehead atoms. The second-order valence-corrected chi connectivity index (χ2v) is 7.66. The first kappa shape index (κ1) is 18.3. The SMILES string of the molecule is CCOc1c(CN2CCCC(C)(CO)C2)c(C)nn1CC(C)C. The lowest BCUT2D eigenvalue weighted by Crippen LogP contribution is -2.43. The highest BCUT2D eigenvalue weighted by Crippen LogP contribution is 2.32. The molecule has 0 aromatic carbocycles. The van der Waals surface area contributed by atoms with Gasteiger partial charge in [-0.1, -0.05) is 20.8 Å². The van der Waals surface area contributed by atoms with E-state index in [-0.39, 0.29) is 12.0 Å². The lowest BCUT2D eigenvalue weighted by atomic mass is 9.82. The molecule has 1 fully saturated rings. The quantitative estimate of drug-likeness (QED) is 0.838. The summed E-state index contributed by atoms with van der Waals surface area (Å²) in [7, 11) is 0. The predicted octanol–water partition coefficient (Wildman–Crippen LogP) is 2.84. The van der Waals surface area contributed by atoms with E-state index in [9.17, 15) is 5.11 Å². The minimum Gasteiger partial charge on any atom is -0.478 e. The van der Waals surface area contributed by atoms with Gasteiger partial charge in [0.2, 0.25) is 5.88 Å². The van der Waals surface area contributed by atoms with E-state index in [1.54, 1.807) is 0 Å². The molecular formula is C18H33N3O2. The average molecular weight is 323 g/mol. The van der Waals surface area contributed by atoms with E-state index in [1.807, 2.05) is 11.6 Å². The third kappa shape index (κ3) is 4.48. The maximum atomic E-state index is 9.66. The first-order valence-corrected chi connectivity index (χ1v) is 8.91. The maximum Gasteiger partial charge on any atom is 0.216 e. The Hall–Kier alpha value is -1.07. The number of aliphatic hydroxyl groups excluding tert-OH is 1. The molecular weight excluding hydrogens is 290 g/mol. The lowest BCUT2D eigenvalue weighted by molar-refractivity contribution is 0.0424. The first-order valence-electron chi connectivity index (χ1n) is 8.91. The van der Waals surface area contributed by atoms with Gasteiger partial charge in [-0.15, -0.1) is 0 Å². The number of hydrogen-bond acceptors (Lipinski definition) is 4. The standard InChI is InChI=1S/C18H33N3O2/c1-6-23-17-16(15(4)19-21(17)10-14(2)3)11-20-9-7-8-18(5,12-20)13-22/h14,22H,6-13H2,1-5H3.